The fourth-order valence-electron chi connectivity index (χ4n) is 4.02. The van der Waals surface area contributed by atoms with Gasteiger partial charge in [-0.05, 0) is 18.9 Å². The lowest BCUT2D eigenvalue weighted by atomic mass is 9.98. The molecule has 0 bridgehead atoms. The Labute approximate surface area is 180 Å². The Morgan fingerprint density at radius 3 is 2.84 bits per heavy atom. The molecule has 0 aromatic carbocycles. The maximum atomic E-state index is 12.1. The van der Waals surface area contributed by atoms with Gasteiger partial charge in [-0.1, -0.05) is 0 Å². The molecule has 1 N–H and O–H groups in total. The van der Waals surface area contributed by atoms with Gasteiger partial charge in [0.05, 0.1) is 46.2 Å². The van der Waals surface area contributed by atoms with Crippen LogP contribution in [0.2, 0.25) is 0 Å². The number of nitrogens with one attached hydrogen (secondary N) is 1. The number of piperidine rings is 1. The second-order valence-corrected chi connectivity index (χ2v) is 7.43. The second kappa shape index (κ2) is 8.66. The predicted molar refractivity (Wildman–Crippen MR) is 114 cm³/mol. The number of esters is 1. The Morgan fingerprint density at radius 1 is 1.26 bits per heavy atom. The van der Waals surface area contributed by atoms with Crippen LogP contribution in [-0.4, -0.2) is 55.0 Å². The van der Waals surface area contributed by atoms with Gasteiger partial charge in [-0.2, -0.15) is 9.67 Å². The Kier molecular flexibility index (Phi) is 5.79. The quantitative estimate of drug-likeness (QED) is 0.469. The van der Waals surface area contributed by atoms with Crippen molar-refractivity contribution in [3.05, 3.63) is 30.7 Å². The van der Waals surface area contributed by atoms with Crippen molar-refractivity contribution >= 4 is 28.8 Å². The molecule has 0 amide bonds. The van der Waals surface area contributed by atoms with E-state index in [9.17, 15) is 4.79 Å². The van der Waals surface area contributed by atoms with Crippen LogP contribution in [0.4, 0.5) is 17.2 Å². The van der Waals surface area contributed by atoms with Crippen LogP contribution in [0.3, 0.4) is 0 Å². The number of fused-ring (bicyclic) bond motifs is 1. The number of nitrogens with zero attached hydrogens (tertiary/aromatic N) is 5. The van der Waals surface area contributed by atoms with Crippen molar-refractivity contribution < 1.29 is 23.6 Å². The summed E-state index contributed by atoms with van der Waals surface area (Å²) in [5, 5.41) is 7.76. The van der Waals surface area contributed by atoms with Crippen molar-refractivity contribution in [3.8, 4) is 11.6 Å². The molecule has 4 rings (SSSR count). The monoisotopic (exact) mass is 427 g/mol. The van der Waals surface area contributed by atoms with Crippen LogP contribution < -0.4 is 24.3 Å². The van der Waals surface area contributed by atoms with Gasteiger partial charge in [0.2, 0.25) is 11.4 Å². The van der Waals surface area contributed by atoms with E-state index in [2.05, 4.69) is 20.3 Å². The molecule has 10 heteroatoms. The number of rotatable bonds is 6. The lowest BCUT2D eigenvalue weighted by molar-refractivity contribution is -0.662. The average molecular weight is 427 g/mol. The summed E-state index contributed by atoms with van der Waals surface area (Å²) in [5.74, 6) is 1.73. The van der Waals surface area contributed by atoms with Gasteiger partial charge in [0.25, 0.3) is 5.82 Å². The molecule has 31 heavy (non-hydrogen) atoms. The van der Waals surface area contributed by atoms with Crippen molar-refractivity contribution in [1.82, 2.24) is 14.6 Å². The molecule has 1 fully saturated rings. The highest BCUT2D eigenvalue weighted by Gasteiger charge is 2.28. The van der Waals surface area contributed by atoms with Gasteiger partial charge in [0.15, 0.2) is 5.69 Å². The smallest absolute Gasteiger partial charge is 0.327 e. The minimum Gasteiger partial charge on any atom is -0.490 e. The first kappa shape index (κ1) is 20.7. The third kappa shape index (κ3) is 3.92. The average Bonchev–Trinajstić information content (AvgIpc) is 3.28. The molecule has 1 aliphatic rings. The van der Waals surface area contributed by atoms with Gasteiger partial charge in [0.1, 0.15) is 6.33 Å². The molecule has 3 aromatic heterocycles. The molecule has 1 aliphatic heterocycles. The highest BCUT2D eigenvalue weighted by molar-refractivity contribution is 5.77. The van der Waals surface area contributed by atoms with E-state index >= 15 is 0 Å². The van der Waals surface area contributed by atoms with E-state index in [0.29, 0.717) is 23.8 Å². The standard InChI is InChI=1S/C21H26N6O4/c1-25-18(8-7-17(29-2)20(25)30-3)24-16-10-15(12-27-19(16)22-13-23-27)26-9-5-6-14(11-26)21(28)31-4/h7-8,10,12-14H,5-6,9,11H2,1-4H3/p+1. The summed E-state index contributed by atoms with van der Waals surface area (Å²) in [4.78, 5) is 18.6. The number of hydrogen-bond acceptors (Lipinski definition) is 8. The first-order chi connectivity index (χ1) is 15.0. The van der Waals surface area contributed by atoms with Crippen molar-refractivity contribution in [1.29, 1.82) is 0 Å². The molecule has 3 aromatic rings. The number of aromatic nitrogens is 4. The van der Waals surface area contributed by atoms with Crippen LogP contribution >= 0.6 is 0 Å². The molecule has 164 valence electrons. The SMILES string of the molecule is COC(=O)C1CCCN(c2cc(Nc3ccc(OC)c(OC)[n+]3C)c3ncnn3c2)C1. The minimum atomic E-state index is -0.165. The molecule has 0 aliphatic carbocycles. The van der Waals surface area contributed by atoms with Gasteiger partial charge < -0.3 is 19.1 Å². The maximum Gasteiger partial charge on any atom is 0.327 e. The van der Waals surface area contributed by atoms with Crippen LogP contribution in [0.15, 0.2) is 30.7 Å². The molecule has 0 spiro atoms. The number of carbonyl (C=O) groups excluding carboxylic acids is 1. The van der Waals surface area contributed by atoms with Gasteiger partial charge in [0, 0.05) is 25.2 Å². The lowest BCUT2D eigenvalue weighted by Gasteiger charge is -2.33. The molecule has 0 radical (unpaired) electrons. The van der Waals surface area contributed by atoms with Crippen LogP contribution in [0, 0.1) is 5.92 Å². The normalized spacial score (nSPS) is 16.3. The minimum absolute atomic E-state index is 0.134. The van der Waals surface area contributed by atoms with Gasteiger partial charge in [-0.25, -0.2) is 14.8 Å². The summed E-state index contributed by atoms with van der Waals surface area (Å²) in [5.41, 5.74) is 2.44. The number of pyridine rings is 2. The zero-order valence-corrected chi connectivity index (χ0v) is 18.2. The highest BCUT2D eigenvalue weighted by Crippen LogP contribution is 2.30. The predicted octanol–water partition coefficient (Wildman–Crippen LogP) is 1.70. The Bertz CT molecular complexity index is 1100. The van der Waals surface area contributed by atoms with E-state index in [-0.39, 0.29) is 11.9 Å². The van der Waals surface area contributed by atoms with Crippen molar-refractivity contribution in [2.75, 3.05) is 44.6 Å². The summed E-state index contributed by atoms with van der Waals surface area (Å²) >= 11 is 0. The second-order valence-electron chi connectivity index (χ2n) is 7.43. The maximum absolute atomic E-state index is 12.1. The van der Waals surface area contributed by atoms with E-state index in [1.807, 2.05) is 36.0 Å². The van der Waals surface area contributed by atoms with Crippen LogP contribution in [0.5, 0.6) is 11.6 Å². The largest absolute Gasteiger partial charge is 0.490 e. The molecule has 1 unspecified atom stereocenters. The van der Waals surface area contributed by atoms with E-state index in [4.69, 9.17) is 14.2 Å². The summed E-state index contributed by atoms with van der Waals surface area (Å²) < 4.78 is 19.4. The van der Waals surface area contributed by atoms with Crippen molar-refractivity contribution in [2.24, 2.45) is 13.0 Å². The number of anilines is 3. The summed E-state index contributed by atoms with van der Waals surface area (Å²) in [6.07, 6.45) is 5.21. The van der Waals surface area contributed by atoms with Crippen LogP contribution in [-0.2, 0) is 16.6 Å². The number of ether oxygens (including phenoxy) is 3. The molecular weight excluding hydrogens is 400 g/mol. The first-order valence-corrected chi connectivity index (χ1v) is 10.1. The van der Waals surface area contributed by atoms with Crippen molar-refractivity contribution in [2.45, 2.75) is 12.8 Å². The fraction of sp³-hybridized carbons (Fsp3) is 0.429. The van der Waals surface area contributed by atoms with E-state index < -0.39 is 0 Å². The Balaban J connectivity index is 1.69. The number of methoxy groups -OCH3 is 3. The van der Waals surface area contributed by atoms with Gasteiger partial charge in [-0.3, -0.25) is 4.79 Å². The summed E-state index contributed by atoms with van der Waals surface area (Å²) in [6.45, 7) is 1.47. The van der Waals surface area contributed by atoms with Crippen LogP contribution in [0.1, 0.15) is 12.8 Å². The number of carbonyl (C=O) groups is 1. The molecule has 1 saturated heterocycles. The Morgan fingerprint density at radius 2 is 2.10 bits per heavy atom. The topological polar surface area (TPSA) is 94.1 Å². The van der Waals surface area contributed by atoms with Gasteiger partial charge in [-0.15, -0.1) is 0 Å². The molecule has 10 nitrogen and oxygen atoms in total. The zero-order valence-electron chi connectivity index (χ0n) is 18.2. The first-order valence-electron chi connectivity index (χ1n) is 10.1. The molecule has 0 saturated carbocycles. The lowest BCUT2D eigenvalue weighted by Crippen LogP contribution is -2.39. The van der Waals surface area contributed by atoms with E-state index in [0.717, 1.165) is 36.6 Å². The Hall–Kier alpha value is -3.56. The third-order valence-electron chi connectivity index (χ3n) is 5.63. The third-order valence-corrected chi connectivity index (χ3v) is 5.63. The van der Waals surface area contributed by atoms with E-state index in [1.54, 1.807) is 18.7 Å². The van der Waals surface area contributed by atoms with E-state index in [1.165, 1.54) is 13.4 Å². The molecule has 4 heterocycles. The fourth-order valence-corrected chi connectivity index (χ4v) is 4.02. The molecular formula is C21H27N6O4+. The van der Waals surface area contributed by atoms with Crippen molar-refractivity contribution in [3.63, 3.8) is 0 Å². The van der Waals surface area contributed by atoms with Crippen LogP contribution in [0.25, 0.3) is 5.65 Å². The highest BCUT2D eigenvalue weighted by atomic mass is 16.5. The number of hydrogen-bond donors (Lipinski definition) is 1. The summed E-state index contributed by atoms with van der Waals surface area (Å²) in [6, 6.07) is 5.78. The molecule has 1 atom stereocenters. The summed E-state index contributed by atoms with van der Waals surface area (Å²) in [7, 11) is 6.54. The van der Waals surface area contributed by atoms with Gasteiger partial charge >= 0.3 is 11.8 Å². The zero-order chi connectivity index (χ0) is 22.0.